The Morgan fingerprint density at radius 2 is 2.00 bits per heavy atom. The SMILES string of the molecule is CC1CC(Nc2ccccc2C(F)(F)F)CCN1. The van der Waals surface area contributed by atoms with Gasteiger partial charge in [0.05, 0.1) is 5.56 Å². The van der Waals surface area contributed by atoms with Crippen molar-refractivity contribution in [1.29, 1.82) is 0 Å². The van der Waals surface area contributed by atoms with Crippen LogP contribution >= 0.6 is 0 Å². The van der Waals surface area contributed by atoms with Gasteiger partial charge in [-0.15, -0.1) is 0 Å². The second kappa shape index (κ2) is 5.18. The van der Waals surface area contributed by atoms with Crippen LogP contribution in [0.2, 0.25) is 0 Å². The third-order valence-corrected chi connectivity index (χ3v) is 3.22. The van der Waals surface area contributed by atoms with Crippen LogP contribution in [0.15, 0.2) is 24.3 Å². The number of para-hydroxylation sites is 1. The molecule has 100 valence electrons. The van der Waals surface area contributed by atoms with E-state index < -0.39 is 11.7 Å². The van der Waals surface area contributed by atoms with Gasteiger partial charge < -0.3 is 10.6 Å². The van der Waals surface area contributed by atoms with Crippen molar-refractivity contribution in [2.24, 2.45) is 0 Å². The maximum atomic E-state index is 12.8. The zero-order valence-electron chi connectivity index (χ0n) is 10.2. The van der Waals surface area contributed by atoms with E-state index in [-0.39, 0.29) is 11.7 Å². The Morgan fingerprint density at radius 3 is 2.67 bits per heavy atom. The highest BCUT2D eigenvalue weighted by molar-refractivity contribution is 5.53. The van der Waals surface area contributed by atoms with Gasteiger partial charge in [0, 0.05) is 17.8 Å². The standard InChI is InChI=1S/C13H17F3N2/c1-9-8-10(6-7-17-9)18-12-5-3-2-4-11(12)13(14,15)16/h2-5,9-10,17-18H,6-8H2,1H3. The van der Waals surface area contributed by atoms with E-state index in [0.717, 1.165) is 25.5 Å². The molecule has 2 unspecified atom stereocenters. The van der Waals surface area contributed by atoms with Gasteiger partial charge in [-0.3, -0.25) is 0 Å². The molecule has 2 atom stereocenters. The van der Waals surface area contributed by atoms with Crippen LogP contribution in [0.25, 0.3) is 0 Å². The van der Waals surface area contributed by atoms with E-state index in [1.54, 1.807) is 6.07 Å². The van der Waals surface area contributed by atoms with Gasteiger partial charge in [0.1, 0.15) is 0 Å². The van der Waals surface area contributed by atoms with Crippen molar-refractivity contribution >= 4 is 5.69 Å². The molecule has 5 heteroatoms. The van der Waals surface area contributed by atoms with Gasteiger partial charge in [-0.2, -0.15) is 13.2 Å². The maximum Gasteiger partial charge on any atom is 0.418 e. The lowest BCUT2D eigenvalue weighted by Crippen LogP contribution is -2.41. The van der Waals surface area contributed by atoms with Crippen molar-refractivity contribution < 1.29 is 13.2 Å². The fourth-order valence-corrected chi connectivity index (χ4v) is 2.34. The van der Waals surface area contributed by atoms with E-state index >= 15 is 0 Å². The van der Waals surface area contributed by atoms with E-state index in [1.165, 1.54) is 12.1 Å². The minimum atomic E-state index is -4.30. The van der Waals surface area contributed by atoms with Gasteiger partial charge in [0.15, 0.2) is 0 Å². The minimum absolute atomic E-state index is 0.102. The summed E-state index contributed by atoms with van der Waals surface area (Å²) >= 11 is 0. The highest BCUT2D eigenvalue weighted by Crippen LogP contribution is 2.35. The fraction of sp³-hybridized carbons (Fsp3) is 0.538. The molecule has 1 fully saturated rings. The molecule has 1 aromatic rings. The molecule has 1 aromatic carbocycles. The molecule has 0 amide bonds. The first-order valence-electron chi connectivity index (χ1n) is 6.13. The topological polar surface area (TPSA) is 24.1 Å². The largest absolute Gasteiger partial charge is 0.418 e. The molecule has 0 saturated carbocycles. The molecule has 0 spiro atoms. The fourth-order valence-electron chi connectivity index (χ4n) is 2.34. The number of hydrogen-bond acceptors (Lipinski definition) is 2. The first kappa shape index (κ1) is 13.2. The average Bonchev–Trinajstić information content (AvgIpc) is 2.28. The lowest BCUT2D eigenvalue weighted by atomic mass is 10.00. The molecule has 0 bridgehead atoms. The second-order valence-corrected chi connectivity index (χ2v) is 4.76. The number of rotatable bonds is 2. The first-order chi connectivity index (χ1) is 8.47. The summed E-state index contributed by atoms with van der Waals surface area (Å²) in [5.41, 5.74) is -0.403. The summed E-state index contributed by atoms with van der Waals surface area (Å²) in [4.78, 5) is 0. The first-order valence-corrected chi connectivity index (χ1v) is 6.13. The summed E-state index contributed by atoms with van der Waals surface area (Å²) in [5.74, 6) is 0. The molecule has 2 N–H and O–H groups in total. The second-order valence-electron chi connectivity index (χ2n) is 4.76. The van der Waals surface area contributed by atoms with E-state index in [1.807, 2.05) is 6.92 Å². The van der Waals surface area contributed by atoms with Gasteiger partial charge in [0.2, 0.25) is 0 Å². The predicted octanol–water partition coefficient (Wildman–Crippen LogP) is 3.26. The van der Waals surface area contributed by atoms with Crippen molar-refractivity contribution in [3.8, 4) is 0 Å². The summed E-state index contributed by atoms with van der Waals surface area (Å²) < 4.78 is 38.5. The predicted molar refractivity (Wildman–Crippen MR) is 65.6 cm³/mol. The van der Waals surface area contributed by atoms with E-state index in [4.69, 9.17) is 0 Å². The minimum Gasteiger partial charge on any atom is -0.382 e. The Kier molecular flexibility index (Phi) is 3.80. The third kappa shape index (κ3) is 3.16. The number of anilines is 1. The third-order valence-electron chi connectivity index (χ3n) is 3.22. The zero-order valence-corrected chi connectivity index (χ0v) is 10.2. The Balaban J connectivity index is 2.13. The van der Waals surface area contributed by atoms with Gasteiger partial charge in [-0.05, 0) is 38.4 Å². The normalized spacial score (nSPS) is 24.9. The summed E-state index contributed by atoms with van der Waals surface area (Å²) in [6.07, 6.45) is -2.62. The molecule has 2 nitrogen and oxygen atoms in total. The Labute approximate surface area is 105 Å². The number of benzene rings is 1. The molecule has 1 saturated heterocycles. The van der Waals surface area contributed by atoms with E-state index in [2.05, 4.69) is 10.6 Å². The van der Waals surface area contributed by atoms with Gasteiger partial charge >= 0.3 is 6.18 Å². The Hall–Kier alpha value is -1.23. The van der Waals surface area contributed by atoms with Gasteiger partial charge in [-0.25, -0.2) is 0 Å². The maximum absolute atomic E-state index is 12.8. The molecule has 1 aliphatic rings. The van der Waals surface area contributed by atoms with Crippen molar-refractivity contribution in [3.05, 3.63) is 29.8 Å². The summed E-state index contributed by atoms with van der Waals surface area (Å²) in [7, 11) is 0. The van der Waals surface area contributed by atoms with Crippen LogP contribution < -0.4 is 10.6 Å². The highest BCUT2D eigenvalue weighted by Gasteiger charge is 2.33. The van der Waals surface area contributed by atoms with Crippen LogP contribution in [0, 0.1) is 0 Å². The van der Waals surface area contributed by atoms with Crippen LogP contribution in [0.3, 0.4) is 0 Å². The van der Waals surface area contributed by atoms with Crippen LogP contribution in [0.1, 0.15) is 25.3 Å². The van der Waals surface area contributed by atoms with E-state index in [9.17, 15) is 13.2 Å². The van der Waals surface area contributed by atoms with Crippen molar-refractivity contribution in [3.63, 3.8) is 0 Å². The lowest BCUT2D eigenvalue weighted by Gasteiger charge is -2.30. The lowest BCUT2D eigenvalue weighted by molar-refractivity contribution is -0.137. The number of piperidine rings is 1. The summed E-state index contributed by atoms with van der Waals surface area (Å²) in [5, 5.41) is 6.31. The quantitative estimate of drug-likeness (QED) is 0.850. The number of nitrogens with one attached hydrogen (secondary N) is 2. The molecule has 2 rings (SSSR count). The summed E-state index contributed by atoms with van der Waals surface area (Å²) in [6.45, 7) is 2.89. The molecule has 0 aromatic heterocycles. The zero-order chi connectivity index (χ0) is 13.2. The molecule has 1 aliphatic heterocycles. The molecule has 0 radical (unpaired) electrons. The van der Waals surface area contributed by atoms with Gasteiger partial charge in [0.25, 0.3) is 0 Å². The Bertz CT molecular complexity index is 403. The monoisotopic (exact) mass is 258 g/mol. The highest BCUT2D eigenvalue weighted by atomic mass is 19.4. The van der Waals surface area contributed by atoms with Crippen molar-refractivity contribution in [2.75, 3.05) is 11.9 Å². The van der Waals surface area contributed by atoms with Crippen LogP contribution in [-0.4, -0.2) is 18.6 Å². The number of alkyl halides is 3. The number of halogens is 3. The molecule has 0 aliphatic carbocycles. The smallest absolute Gasteiger partial charge is 0.382 e. The Morgan fingerprint density at radius 1 is 1.28 bits per heavy atom. The molecule has 1 heterocycles. The summed E-state index contributed by atoms with van der Waals surface area (Å²) in [6, 6.07) is 6.10. The number of hydrogen-bond donors (Lipinski definition) is 2. The van der Waals surface area contributed by atoms with Crippen molar-refractivity contribution in [1.82, 2.24) is 5.32 Å². The molecular weight excluding hydrogens is 241 g/mol. The van der Waals surface area contributed by atoms with Crippen LogP contribution in [-0.2, 0) is 6.18 Å². The van der Waals surface area contributed by atoms with Crippen LogP contribution in [0.5, 0.6) is 0 Å². The van der Waals surface area contributed by atoms with E-state index in [0.29, 0.717) is 6.04 Å². The molecular formula is C13H17F3N2. The average molecular weight is 258 g/mol. The van der Waals surface area contributed by atoms with Crippen LogP contribution in [0.4, 0.5) is 18.9 Å². The van der Waals surface area contributed by atoms with Gasteiger partial charge in [-0.1, -0.05) is 12.1 Å². The van der Waals surface area contributed by atoms with Crippen molar-refractivity contribution in [2.45, 2.75) is 38.0 Å². The molecule has 18 heavy (non-hydrogen) atoms.